The zero-order valence-electron chi connectivity index (χ0n) is 10.8. The van der Waals surface area contributed by atoms with Gasteiger partial charge >= 0.3 is 0 Å². The van der Waals surface area contributed by atoms with Crippen molar-refractivity contribution in [1.82, 2.24) is 5.32 Å². The molecule has 0 heterocycles. The average molecular weight is 294 g/mol. The van der Waals surface area contributed by atoms with Gasteiger partial charge in [0.25, 0.3) is 5.69 Å². The fourth-order valence-corrected chi connectivity index (χ4v) is 1.76. The van der Waals surface area contributed by atoms with E-state index < -0.39 is 34.7 Å². The van der Waals surface area contributed by atoms with Gasteiger partial charge in [-0.05, 0) is 5.56 Å². The Morgan fingerprint density at radius 3 is 2.24 bits per heavy atom. The van der Waals surface area contributed by atoms with E-state index in [1.54, 1.807) is 5.32 Å². The molecule has 9 nitrogen and oxygen atoms in total. The third-order valence-electron chi connectivity index (χ3n) is 2.68. The summed E-state index contributed by atoms with van der Waals surface area (Å²) in [5.74, 6) is -5.08. The maximum absolute atomic E-state index is 11.1. The van der Waals surface area contributed by atoms with Crippen LogP contribution in [-0.4, -0.2) is 28.3 Å². The number of carboxylic acid groups (broad SMARTS) is 2. The van der Waals surface area contributed by atoms with Gasteiger partial charge in [-0.2, -0.15) is 0 Å². The Hall–Kier alpha value is -2.97. The van der Waals surface area contributed by atoms with Crippen LogP contribution in [0, 0.1) is 10.1 Å². The van der Waals surface area contributed by atoms with Crippen LogP contribution in [0.15, 0.2) is 24.3 Å². The van der Waals surface area contributed by atoms with Crippen LogP contribution in [0.4, 0.5) is 5.69 Å². The molecule has 1 aromatic rings. The van der Waals surface area contributed by atoms with Crippen molar-refractivity contribution in [3.63, 3.8) is 0 Å². The summed E-state index contributed by atoms with van der Waals surface area (Å²) in [5.41, 5.74) is -3.13. The van der Waals surface area contributed by atoms with Gasteiger partial charge in [-0.3, -0.25) is 14.9 Å². The lowest BCUT2D eigenvalue weighted by Gasteiger charge is -2.36. The largest absolute Gasteiger partial charge is 0.547 e. The second-order valence-electron chi connectivity index (χ2n) is 4.27. The number of nitro benzene ring substituents is 1. The Bertz CT molecular complexity index is 597. The molecule has 0 spiro atoms. The highest BCUT2D eigenvalue weighted by molar-refractivity contribution is 6.04. The second kappa shape index (κ2) is 5.99. The second-order valence-corrected chi connectivity index (χ2v) is 4.27. The summed E-state index contributed by atoms with van der Waals surface area (Å²) in [5, 5.41) is 34.7. The average Bonchev–Trinajstić information content (AvgIpc) is 2.37. The minimum atomic E-state index is -2.80. The molecule has 0 saturated carbocycles. The first-order valence-corrected chi connectivity index (χ1v) is 5.64. The minimum Gasteiger partial charge on any atom is -0.547 e. The van der Waals surface area contributed by atoms with Crippen LogP contribution in [0.5, 0.6) is 0 Å². The lowest BCUT2D eigenvalue weighted by molar-refractivity contribution is -0.385. The number of carbonyl (C=O) groups is 3. The van der Waals surface area contributed by atoms with Crippen LogP contribution in [0.1, 0.15) is 12.5 Å². The van der Waals surface area contributed by atoms with Crippen molar-refractivity contribution in [3.8, 4) is 0 Å². The van der Waals surface area contributed by atoms with Gasteiger partial charge in [-0.1, -0.05) is 12.1 Å². The lowest BCUT2D eigenvalue weighted by Crippen LogP contribution is -2.69. The van der Waals surface area contributed by atoms with Crippen LogP contribution in [0.3, 0.4) is 0 Å². The first-order valence-electron chi connectivity index (χ1n) is 5.64. The van der Waals surface area contributed by atoms with Gasteiger partial charge in [-0.25, -0.2) is 0 Å². The number of amides is 1. The van der Waals surface area contributed by atoms with Gasteiger partial charge in [0.2, 0.25) is 5.91 Å². The van der Waals surface area contributed by atoms with Crippen molar-refractivity contribution < 1.29 is 29.5 Å². The van der Waals surface area contributed by atoms with E-state index in [4.69, 9.17) is 0 Å². The summed E-state index contributed by atoms with van der Waals surface area (Å²) < 4.78 is 0. The van der Waals surface area contributed by atoms with Gasteiger partial charge in [0.15, 0.2) is 0 Å². The Kier molecular flexibility index (Phi) is 4.59. The Balaban J connectivity index is 3.26. The smallest absolute Gasteiger partial charge is 0.269 e. The molecule has 0 aromatic heterocycles. The number of nitro groups is 1. The molecule has 0 atom stereocenters. The fourth-order valence-electron chi connectivity index (χ4n) is 1.76. The van der Waals surface area contributed by atoms with Gasteiger partial charge in [0.1, 0.15) is 5.54 Å². The number of hydrogen-bond acceptors (Lipinski definition) is 7. The summed E-state index contributed by atoms with van der Waals surface area (Å²) in [7, 11) is 0. The van der Waals surface area contributed by atoms with E-state index in [9.17, 15) is 34.7 Å². The van der Waals surface area contributed by atoms with Gasteiger partial charge in [-0.15, -0.1) is 0 Å². The standard InChI is InChI=1S/C12H12N2O7/c1-7(15)13-12(10(16)17,11(18)19)6-8-3-2-4-9(5-8)14(20)21/h2-5H,6H2,1H3,(H,13,15)(H,16,17)(H,18,19)/p-2. The highest BCUT2D eigenvalue weighted by atomic mass is 16.6. The van der Waals surface area contributed by atoms with Gasteiger partial charge in [0, 0.05) is 25.5 Å². The van der Waals surface area contributed by atoms with E-state index in [0.717, 1.165) is 19.1 Å². The quantitative estimate of drug-likeness (QED) is 0.346. The molecular formula is C12H10N2O7-2. The maximum atomic E-state index is 11.1. The zero-order valence-corrected chi connectivity index (χ0v) is 10.8. The molecular weight excluding hydrogens is 284 g/mol. The Morgan fingerprint density at radius 1 is 1.24 bits per heavy atom. The number of carboxylic acids is 2. The Morgan fingerprint density at radius 2 is 1.81 bits per heavy atom. The van der Waals surface area contributed by atoms with Gasteiger partial charge < -0.3 is 25.1 Å². The van der Waals surface area contributed by atoms with Crippen molar-refractivity contribution in [2.24, 2.45) is 0 Å². The van der Waals surface area contributed by atoms with Crippen LogP contribution < -0.4 is 15.5 Å². The topological polar surface area (TPSA) is 152 Å². The SMILES string of the molecule is CC(=O)NC(Cc1cccc([N+](=O)[O-])c1)(C(=O)[O-])C(=O)[O-]. The molecule has 0 fully saturated rings. The van der Waals surface area contributed by atoms with Crippen LogP contribution in [0.2, 0.25) is 0 Å². The fraction of sp³-hybridized carbons (Fsp3) is 0.250. The number of rotatable bonds is 6. The molecule has 0 aliphatic carbocycles. The summed E-state index contributed by atoms with van der Waals surface area (Å²) in [4.78, 5) is 43.2. The van der Waals surface area contributed by atoms with E-state index >= 15 is 0 Å². The summed E-state index contributed by atoms with van der Waals surface area (Å²) in [6.07, 6.45) is -0.751. The molecule has 112 valence electrons. The van der Waals surface area contributed by atoms with Crippen molar-refractivity contribution in [2.75, 3.05) is 0 Å². The molecule has 0 aliphatic rings. The first kappa shape index (κ1) is 16.1. The number of nitrogens with zero attached hydrogens (tertiary/aromatic N) is 1. The van der Waals surface area contributed by atoms with Crippen LogP contribution in [0.25, 0.3) is 0 Å². The summed E-state index contributed by atoms with van der Waals surface area (Å²) in [6, 6.07) is 4.70. The van der Waals surface area contributed by atoms with E-state index in [-0.39, 0.29) is 11.3 Å². The van der Waals surface area contributed by atoms with E-state index in [1.165, 1.54) is 12.1 Å². The highest BCUT2D eigenvalue weighted by Gasteiger charge is 2.35. The minimum absolute atomic E-state index is 0.0198. The molecule has 0 bridgehead atoms. The first-order chi connectivity index (χ1) is 9.69. The number of benzene rings is 1. The molecule has 9 heteroatoms. The molecule has 1 aromatic carbocycles. The third-order valence-corrected chi connectivity index (χ3v) is 2.68. The van der Waals surface area contributed by atoms with Crippen LogP contribution in [-0.2, 0) is 20.8 Å². The zero-order chi connectivity index (χ0) is 16.2. The molecule has 1 amide bonds. The highest BCUT2D eigenvalue weighted by Crippen LogP contribution is 2.18. The number of non-ortho nitro benzene ring substituents is 1. The van der Waals surface area contributed by atoms with Crippen molar-refractivity contribution in [2.45, 2.75) is 18.9 Å². The monoisotopic (exact) mass is 294 g/mol. The number of aliphatic carboxylic acids is 2. The Labute approximate surface area is 118 Å². The molecule has 0 aliphatic heterocycles. The molecule has 0 radical (unpaired) electrons. The summed E-state index contributed by atoms with van der Waals surface area (Å²) in [6.45, 7) is 0.925. The summed E-state index contributed by atoms with van der Waals surface area (Å²) >= 11 is 0. The van der Waals surface area contributed by atoms with E-state index in [1.807, 2.05) is 0 Å². The maximum Gasteiger partial charge on any atom is 0.269 e. The van der Waals surface area contributed by atoms with Crippen molar-refractivity contribution in [3.05, 3.63) is 39.9 Å². The molecule has 0 saturated heterocycles. The molecule has 1 N–H and O–H groups in total. The number of carbonyl (C=O) groups excluding carboxylic acids is 3. The van der Waals surface area contributed by atoms with Crippen molar-refractivity contribution >= 4 is 23.5 Å². The number of hydrogen-bond donors (Lipinski definition) is 1. The predicted molar refractivity (Wildman–Crippen MR) is 63.4 cm³/mol. The molecule has 1 rings (SSSR count). The van der Waals surface area contributed by atoms with E-state index in [2.05, 4.69) is 0 Å². The van der Waals surface area contributed by atoms with E-state index in [0.29, 0.717) is 0 Å². The van der Waals surface area contributed by atoms with Gasteiger partial charge in [0.05, 0.1) is 16.9 Å². The van der Waals surface area contributed by atoms with Crippen molar-refractivity contribution in [1.29, 1.82) is 0 Å². The molecule has 21 heavy (non-hydrogen) atoms. The number of nitrogens with one attached hydrogen (secondary N) is 1. The normalized spacial score (nSPS) is 10.7. The third kappa shape index (κ3) is 3.53. The lowest BCUT2D eigenvalue weighted by atomic mass is 9.90. The predicted octanol–water partition coefficient (Wildman–Crippen LogP) is -2.49. The van der Waals surface area contributed by atoms with Crippen LogP contribution >= 0.6 is 0 Å². The molecule has 0 unspecified atom stereocenters.